The van der Waals surface area contributed by atoms with E-state index in [0.717, 1.165) is 15.0 Å². The number of thiophene rings is 1. The number of hydrogen-bond acceptors (Lipinski definition) is 3. The first-order chi connectivity index (χ1) is 8.60. The molecule has 96 valence electrons. The highest BCUT2D eigenvalue weighted by Gasteiger charge is 2.14. The molecule has 0 bridgehead atoms. The number of hydrogen-bond donors (Lipinski definition) is 2. The summed E-state index contributed by atoms with van der Waals surface area (Å²) in [6.45, 7) is 2.01. The predicted molar refractivity (Wildman–Crippen MR) is 76.6 cm³/mol. The fourth-order valence-corrected chi connectivity index (χ4v) is 3.21. The second-order valence-electron chi connectivity index (χ2n) is 3.94. The first-order valence-electron chi connectivity index (χ1n) is 5.49. The van der Waals surface area contributed by atoms with Crippen LogP contribution in [0.4, 0.5) is 10.1 Å². The molecule has 0 spiro atoms. The number of nitrogens with one attached hydrogen (secondary N) is 1. The van der Waals surface area contributed by atoms with Crippen LogP contribution in [0.15, 0.2) is 34.8 Å². The molecule has 0 aliphatic carbocycles. The van der Waals surface area contributed by atoms with Gasteiger partial charge in [0.1, 0.15) is 5.82 Å². The molecule has 1 heterocycles. The van der Waals surface area contributed by atoms with Gasteiger partial charge < -0.3 is 10.4 Å². The van der Waals surface area contributed by atoms with E-state index >= 15 is 0 Å². The van der Waals surface area contributed by atoms with Crippen LogP contribution >= 0.6 is 27.3 Å². The van der Waals surface area contributed by atoms with Crippen molar-refractivity contribution in [3.8, 4) is 0 Å². The lowest BCUT2D eigenvalue weighted by molar-refractivity contribution is 0.277. The molecular weight excluding hydrogens is 317 g/mol. The summed E-state index contributed by atoms with van der Waals surface area (Å²) in [6.07, 6.45) is 0. The minimum Gasteiger partial charge on any atom is -0.394 e. The maximum Gasteiger partial charge on any atom is 0.123 e. The van der Waals surface area contributed by atoms with Crippen molar-refractivity contribution in [3.05, 3.63) is 50.4 Å². The second kappa shape index (κ2) is 5.82. The Morgan fingerprint density at radius 2 is 2.06 bits per heavy atom. The van der Waals surface area contributed by atoms with Crippen LogP contribution in [0.3, 0.4) is 0 Å². The molecule has 1 unspecified atom stereocenters. The van der Waals surface area contributed by atoms with Gasteiger partial charge in [0, 0.05) is 19.9 Å². The van der Waals surface area contributed by atoms with Gasteiger partial charge in [-0.15, -0.1) is 11.3 Å². The molecule has 1 atom stereocenters. The smallest absolute Gasteiger partial charge is 0.123 e. The van der Waals surface area contributed by atoms with Crippen molar-refractivity contribution >= 4 is 33.0 Å². The zero-order valence-electron chi connectivity index (χ0n) is 9.78. The Labute approximate surface area is 118 Å². The maximum atomic E-state index is 12.8. The highest BCUT2D eigenvalue weighted by atomic mass is 79.9. The molecular formula is C13H13BrFNOS. The van der Waals surface area contributed by atoms with Crippen molar-refractivity contribution in [2.24, 2.45) is 0 Å². The molecule has 1 aromatic heterocycles. The molecule has 0 amide bonds. The van der Waals surface area contributed by atoms with Gasteiger partial charge in [0.2, 0.25) is 0 Å². The number of halogens is 2. The lowest BCUT2D eigenvalue weighted by Crippen LogP contribution is -2.13. The van der Waals surface area contributed by atoms with Crippen LogP contribution in [0.5, 0.6) is 0 Å². The van der Waals surface area contributed by atoms with Crippen molar-refractivity contribution in [1.29, 1.82) is 0 Å². The molecule has 18 heavy (non-hydrogen) atoms. The van der Waals surface area contributed by atoms with E-state index in [1.165, 1.54) is 17.0 Å². The lowest BCUT2D eigenvalue weighted by atomic mass is 10.2. The van der Waals surface area contributed by atoms with E-state index < -0.39 is 0 Å². The molecule has 1 aromatic carbocycles. The minimum atomic E-state index is -0.268. The highest BCUT2D eigenvalue weighted by Crippen LogP contribution is 2.32. The van der Waals surface area contributed by atoms with Gasteiger partial charge in [-0.3, -0.25) is 0 Å². The average Bonchev–Trinajstić information content (AvgIpc) is 2.69. The molecule has 2 N–H and O–H groups in total. The van der Waals surface area contributed by atoms with Crippen molar-refractivity contribution in [2.45, 2.75) is 13.0 Å². The Morgan fingerprint density at radius 3 is 2.56 bits per heavy atom. The van der Waals surface area contributed by atoms with Crippen LogP contribution in [0.2, 0.25) is 0 Å². The Balaban J connectivity index is 2.16. The quantitative estimate of drug-likeness (QED) is 0.884. The van der Waals surface area contributed by atoms with E-state index in [1.54, 1.807) is 23.5 Å². The fourth-order valence-electron chi connectivity index (χ4n) is 1.61. The highest BCUT2D eigenvalue weighted by molar-refractivity contribution is 9.10. The molecule has 0 aliphatic heterocycles. The Morgan fingerprint density at radius 1 is 1.39 bits per heavy atom. The van der Waals surface area contributed by atoms with Crippen LogP contribution in [0.1, 0.15) is 15.8 Å². The molecule has 2 rings (SSSR count). The van der Waals surface area contributed by atoms with E-state index in [-0.39, 0.29) is 18.5 Å². The molecule has 0 aliphatic rings. The predicted octanol–water partition coefficient (Wildman–Crippen LogP) is 4.10. The van der Waals surface area contributed by atoms with Gasteiger partial charge >= 0.3 is 0 Å². The van der Waals surface area contributed by atoms with Gasteiger partial charge in [0.25, 0.3) is 0 Å². The third-order valence-electron chi connectivity index (χ3n) is 2.59. The monoisotopic (exact) mass is 329 g/mol. The third kappa shape index (κ3) is 3.10. The SMILES string of the molecule is Cc1sc(C(CO)Nc2ccc(F)cc2)cc1Br. The van der Waals surface area contributed by atoms with Gasteiger partial charge in [0.15, 0.2) is 0 Å². The molecule has 0 saturated heterocycles. The van der Waals surface area contributed by atoms with Crippen molar-refractivity contribution < 1.29 is 9.50 Å². The topological polar surface area (TPSA) is 32.3 Å². The summed E-state index contributed by atoms with van der Waals surface area (Å²) in [5.74, 6) is -0.268. The Hall–Kier alpha value is -0.910. The number of aliphatic hydroxyl groups excluding tert-OH is 1. The van der Waals surface area contributed by atoms with Gasteiger partial charge in [-0.2, -0.15) is 0 Å². The Bertz CT molecular complexity index is 507. The summed E-state index contributed by atoms with van der Waals surface area (Å²) in [6, 6.07) is 7.93. The van der Waals surface area contributed by atoms with Crippen molar-refractivity contribution in [1.82, 2.24) is 0 Å². The number of aryl methyl sites for hydroxylation is 1. The average molecular weight is 330 g/mol. The zero-order chi connectivity index (χ0) is 13.1. The van der Waals surface area contributed by atoms with Crippen LogP contribution in [0, 0.1) is 12.7 Å². The van der Waals surface area contributed by atoms with Gasteiger partial charge in [-0.1, -0.05) is 0 Å². The largest absolute Gasteiger partial charge is 0.394 e. The first kappa shape index (κ1) is 13.5. The number of aliphatic hydroxyl groups is 1. The lowest BCUT2D eigenvalue weighted by Gasteiger charge is -2.16. The van der Waals surface area contributed by atoms with E-state index in [2.05, 4.69) is 21.2 Å². The molecule has 5 heteroatoms. The number of rotatable bonds is 4. The Kier molecular flexibility index (Phi) is 4.37. The molecule has 2 nitrogen and oxygen atoms in total. The van der Waals surface area contributed by atoms with Gasteiger partial charge in [-0.25, -0.2) is 4.39 Å². The van der Waals surface area contributed by atoms with Crippen LogP contribution in [-0.2, 0) is 0 Å². The van der Waals surface area contributed by atoms with E-state index in [9.17, 15) is 9.50 Å². The van der Waals surface area contributed by atoms with Crippen LogP contribution in [-0.4, -0.2) is 11.7 Å². The third-order valence-corrected chi connectivity index (χ3v) is 4.84. The molecule has 0 radical (unpaired) electrons. The molecule has 0 fully saturated rings. The fraction of sp³-hybridized carbons (Fsp3) is 0.231. The van der Waals surface area contributed by atoms with Crippen molar-refractivity contribution in [3.63, 3.8) is 0 Å². The number of anilines is 1. The van der Waals surface area contributed by atoms with Crippen molar-refractivity contribution in [2.75, 3.05) is 11.9 Å². The number of benzene rings is 1. The molecule has 0 saturated carbocycles. The summed E-state index contributed by atoms with van der Waals surface area (Å²) in [7, 11) is 0. The zero-order valence-corrected chi connectivity index (χ0v) is 12.2. The summed E-state index contributed by atoms with van der Waals surface area (Å²) in [5.41, 5.74) is 0.789. The van der Waals surface area contributed by atoms with Gasteiger partial charge in [-0.05, 0) is 53.2 Å². The molecule has 2 aromatic rings. The van der Waals surface area contributed by atoms with Crippen LogP contribution < -0.4 is 5.32 Å². The van der Waals surface area contributed by atoms with Gasteiger partial charge in [0.05, 0.1) is 12.6 Å². The standard InChI is InChI=1S/C13H13BrFNOS/c1-8-11(14)6-13(18-8)12(7-17)16-10-4-2-9(15)3-5-10/h2-6,12,16-17H,7H2,1H3. The summed E-state index contributed by atoms with van der Waals surface area (Å²) in [4.78, 5) is 2.22. The van der Waals surface area contributed by atoms with E-state index in [0.29, 0.717) is 0 Å². The van der Waals surface area contributed by atoms with E-state index in [1.807, 2.05) is 13.0 Å². The minimum absolute atomic E-state index is 0.0101. The maximum absolute atomic E-state index is 12.8. The summed E-state index contributed by atoms with van der Waals surface area (Å²) < 4.78 is 13.8. The summed E-state index contributed by atoms with van der Waals surface area (Å²) in [5, 5.41) is 12.6. The van der Waals surface area contributed by atoms with E-state index in [4.69, 9.17) is 0 Å². The second-order valence-corrected chi connectivity index (χ2v) is 6.08. The van der Waals surface area contributed by atoms with Crippen LogP contribution in [0.25, 0.3) is 0 Å². The normalized spacial score (nSPS) is 12.4. The first-order valence-corrected chi connectivity index (χ1v) is 7.10. The summed E-state index contributed by atoms with van der Waals surface area (Å²) >= 11 is 5.09.